The highest BCUT2D eigenvalue weighted by Crippen LogP contribution is 2.41. The van der Waals surface area contributed by atoms with Crippen LogP contribution in [0.4, 0.5) is 4.39 Å². The lowest BCUT2D eigenvalue weighted by atomic mass is 9.90. The van der Waals surface area contributed by atoms with Crippen LogP contribution in [0, 0.1) is 12.7 Å². The van der Waals surface area contributed by atoms with Gasteiger partial charge in [0.2, 0.25) is 0 Å². The van der Waals surface area contributed by atoms with Crippen LogP contribution in [-0.2, 0) is 0 Å². The van der Waals surface area contributed by atoms with Crippen molar-refractivity contribution >= 4 is 11.4 Å². The highest BCUT2D eigenvalue weighted by molar-refractivity contribution is 6.01. The number of nitrogens with one attached hydrogen (secondary N) is 1. The summed E-state index contributed by atoms with van der Waals surface area (Å²) >= 11 is 0. The first-order chi connectivity index (χ1) is 17.5. The van der Waals surface area contributed by atoms with E-state index in [-0.39, 0.29) is 17.3 Å². The van der Waals surface area contributed by atoms with E-state index in [1.807, 2.05) is 36.5 Å². The maximum atomic E-state index is 13.9. The van der Waals surface area contributed by atoms with E-state index in [9.17, 15) is 9.18 Å². The zero-order valence-corrected chi connectivity index (χ0v) is 20.5. The molecule has 2 fully saturated rings. The third-order valence-electron chi connectivity index (χ3n) is 8.00. The van der Waals surface area contributed by atoms with Crippen LogP contribution in [0.1, 0.15) is 48.0 Å². The molecule has 0 saturated carbocycles. The maximum Gasteiger partial charge on any atom is 0.255 e. The van der Waals surface area contributed by atoms with Crippen molar-refractivity contribution in [3.8, 4) is 22.4 Å². The molecule has 2 aliphatic rings. The molecule has 2 aliphatic heterocycles. The van der Waals surface area contributed by atoms with Gasteiger partial charge in [-0.25, -0.2) is 8.91 Å². The van der Waals surface area contributed by atoms with Crippen LogP contribution in [0.25, 0.3) is 27.9 Å². The molecular weight excluding hydrogens is 453 g/mol. The van der Waals surface area contributed by atoms with Crippen LogP contribution in [0.2, 0.25) is 0 Å². The van der Waals surface area contributed by atoms with Crippen LogP contribution >= 0.6 is 0 Å². The third kappa shape index (κ3) is 3.97. The first-order valence-electron chi connectivity index (χ1n) is 12.8. The summed E-state index contributed by atoms with van der Waals surface area (Å²) in [6, 6.07) is 12.9. The number of hydrogen-bond donors (Lipinski definition) is 1. The van der Waals surface area contributed by atoms with Gasteiger partial charge >= 0.3 is 0 Å². The second kappa shape index (κ2) is 9.13. The monoisotopic (exact) mass is 483 g/mol. The molecular formula is C29H30FN5O. The molecule has 0 radical (unpaired) electrons. The Morgan fingerprint density at radius 3 is 2.75 bits per heavy atom. The smallest absolute Gasteiger partial charge is 0.255 e. The molecule has 184 valence electrons. The molecule has 0 aliphatic carbocycles. The summed E-state index contributed by atoms with van der Waals surface area (Å²) in [5, 5.41) is 7.56. The molecule has 1 aromatic carbocycles. The molecule has 0 unspecified atom stereocenters. The van der Waals surface area contributed by atoms with Gasteiger partial charge < -0.3 is 5.32 Å². The van der Waals surface area contributed by atoms with E-state index in [0.29, 0.717) is 17.7 Å². The summed E-state index contributed by atoms with van der Waals surface area (Å²) < 4.78 is 15.6. The summed E-state index contributed by atoms with van der Waals surface area (Å²) in [4.78, 5) is 20.4. The lowest BCUT2D eigenvalue weighted by Gasteiger charge is -2.32. The minimum atomic E-state index is -0.235. The number of carbonyl (C=O) groups is 1. The van der Waals surface area contributed by atoms with Crippen LogP contribution in [-0.4, -0.2) is 50.6 Å². The van der Waals surface area contributed by atoms with E-state index >= 15 is 0 Å². The quantitative estimate of drug-likeness (QED) is 0.406. The molecule has 5 heterocycles. The number of rotatable bonds is 6. The van der Waals surface area contributed by atoms with Crippen molar-refractivity contribution in [2.45, 2.75) is 44.6 Å². The van der Waals surface area contributed by atoms with Gasteiger partial charge in [0.05, 0.1) is 23.0 Å². The highest BCUT2D eigenvalue weighted by atomic mass is 19.1. The Kier molecular flexibility index (Phi) is 5.80. The second-order valence-corrected chi connectivity index (χ2v) is 10.1. The molecule has 3 aromatic heterocycles. The molecule has 0 bridgehead atoms. The second-order valence-electron chi connectivity index (χ2n) is 10.1. The van der Waals surface area contributed by atoms with E-state index in [4.69, 9.17) is 0 Å². The van der Waals surface area contributed by atoms with Crippen molar-refractivity contribution in [1.82, 2.24) is 24.8 Å². The summed E-state index contributed by atoms with van der Waals surface area (Å²) in [6.45, 7) is 4.81. The molecule has 4 aromatic rings. The van der Waals surface area contributed by atoms with Crippen LogP contribution in [0.5, 0.6) is 0 Å². The number of aryl methyl sites for hydroxylation is 1. The molecule has 1 amide bonds. The third-order valence-corrected chi connectivity index (χ3v) is 8.00. The Balaban J connectivity index is 1.26. The molecule has 2 saturated heterocycles. The van der Waals surface area contributed by atoms with Crippen LogP contribution < -0.4 is 5.32 Å². The van der Waals surface area contributed by atoms with Crippen molar-refractivity contribution in [3.63, 3.8) is 0 Å². The predicted molar refractivity (Wildman–Crippen MR) is 138 cm³/mol. The number of nitrogens with zero attached hydrogens (tertiary/aromatic N) is 4. The topological polar surface area (TPSA) is 62.5 Å². The Labute approximate surface area is 210 Å². The van der Waals surface area contributed by atoms with Crippen molar-refractivity contribution in [2.75, 3.05) is 19.6 Å². The number of benzene rings is 1. The van der Waals surface area contributed by atoms with Crippen LogP contribution in [0.3, 0.4) is 0 Å². The van der Waals surface area contributed by atoms with Crippen molar-refractivity contribution in [1.29, 1.82) is 0 Å². The lowest BCUT2D eigenvalue weighted by Crippen LogP contribution is -2.41. The fourth-order valence-electron chi connectivity index (χ4n) is 6.12. The van der Waals surface area contributed by atoms with Gasteiger partial charge in [0.25, 0.3) is 5.91 Å². The first-order valence-corrected chi connectivity index (χ1v) is 12.8. The Morgan fingerprint density at radius 1 is 1.11 bits per heavy atom. The summed E-state index contributed by atoms with van der Waals surface area (Å²) in [6.07, 6.45) is 11.2. The lowest BCUT2D eigenvalue weighted by molar-refractivity contribution is 0.0944. The SMILES string of the molecule is Cc1cc(-c2ncccc2-c2ccn3ncc(C(=O)NCCC45CCCN4CCC5)c3c2)ccc1F. The summed E-state index contributed by atoms with van der Waals surface area (Å²) in [7, 11) is 0. The first kappa shape index (κ1) is 22.9. The zero-order chi connectivity index (χ0) is 24.7. The largest absolute Gasteiger partial charge is 0.352 e. The van der Waals surface area contributed by atoms with Gasteiger partial charge in [-0.2, -0.15) is 5.10 Å². The number of halogens is 1. The molecule has 6 nitrogen and oxygen atoms in total. The number of aromatic nitrogens is 3. The molecule has 36 heavy (non-hydrogen) atoms. The normalized spacial score (nSPS) is 16.9. The van der Waals surface area contributed by atoms with E-state index in [2.05, 4.69) is 20.3 Å². The molecule has 7 heteroatoms. The van der Waals surface area contributed by atoms with Gasteiger partial charge in [-0.3, -0.25) is 14.7 Å². The maximum absolute atomic E-state index is 13.9. The standard InChI is InChI=1S/C29H30FN5O/c1-20-17-22(6-7-25(20)30)27-23(5-2-12-31-27)21-8-16-35-26(18-21)24(19-33-35)28(36)32-13-11-29-9-3-14-34(29)15-4-10-29/h2,5-8,12,16-19H,3-4,9-11,13-15H2,1H3,(H,32,36). The zero-order valence-electron chi connectivity index (χ0n) is 20.5. The molecule has 1 N–H and O–H groups in total. The predicted octanol–water partition coefficient (Wildman–Crippen LogP) is 5.26. The fraction of sp³-hybridized carbons (Fsp3) is 0.345. The van der Waals surface area contributed by atoms with Gasteiger partial charge in [0.15, 0.2) is 0 Å². The number of amides is 1. The summed E-state index contributed by atoms with van der Waals surface area (Å²) in [5.74, 6) is -0.331. The average Bonchev–Trinajstić information content (AvgIpc) is 3.59. The van der Waals surface area contributed by atoms with Crippen molar-refractivity contribution in [3.05, 3.63) is 78.0 Å². The average molecular weight is 484 g/mol. The van der Waals surface area contributed by atoms with Gasteiger partial charge in [0, 0.05) is 35.6 Å². The van der Waals surface area contributed by atoms with Gasteiger partial charge in [0.1, 0.15) is 5.82 Å². The van der Waals surface area contributed by atoms with Crippen LogP contribution in [0.15, 0.2) is 61.1 Å². The number of carbonyl (C=O) groups excluding carboxylic acids is 1. The van der Waals surface area contributed by atoms with Crippen molar-refractivity contribution < 1.29 is 9.18 Å². The number of pyridine rings is 2. The number of hydrogen-bond acceptors (Lipinski definition) is 4. The van der Waals surface area contributed by atoms with E-state index in [1.165, 1.54) is 44.8 Å². The summed E-state index contributed by atoms with van der Waals surface area (Å²) in [5.41, 5.74) is 5.64. The minimum Gasteiger partial charge on any atom is -0.352 e. The Morgan fingerprint density at radius 2 is 1.94 bits per heavy atom. The molecule has 0 spiro atoms. The van der Waals surface area contributed by atoms with E-state index in [0.717, 1.165) is 34.3 Å². The van der Waals surface area contributed by atoms with Gasteiger partial charge in [-0.15, -0.1) is 0 Å². The van der Waals surface area contributed by atoms with E-state index < -0.39 is 0 Å². The Hall–Kier alpha value is -3.58. The Bertz CT molecular complexity index is 1430. The molecule has 6 rings (SSSR count). The van der Waals surface area contributed by atoms with E-state index in [1.54, 1.807) is 29.9 Å². The molecule has 0 atom stereocenters. The fourth-order valence-corrected chi connectivity index (χ4v) is 6.12. The highest BCUT2D eigenvalue weighted by Gasteiger charge is 2.43. The van der Waals surface area contributed by atoms with Gasteiger partial charge in [-0.1, -0.05) is 6.07 Å². The number of fused-ring (bicyclic) bond motifs is 2. The van der Waals surface area contributed by atoms with Gasteiger partial charge in [-0.05, 0) is 99.6 Å². The van der Waals surface area contributed by atoms with Crippen molar-refractivity contribution in [2.24, 2.45) is 0 Å². The minimum absolute atomic E-state index is 0.0957.